The first-order valence-corrected chi connectivity index (χ1v) is 9.55. The van der Waals surface area contributed by atoms with Crippen molar-refractivity contribution in [3.05, 3.63) is 119 Å². The van der Waals surface area contributed by atoms with Crippen LogP contribution >= 0.6 is 0 Å². The van der Waals surface area contributed by atoms with Gasteiger partial charge in [-0.2, -0.15) is 5.10 Å². The molecule has 3 aromatic rings. The minimum absolute atomic E-state index is 0.0236. The standard InChI is InChI=1S/C25H21N3O3/c29-23-17-8-7-15-21(23)18-26-28-25(31)22(16-9-12-19-10-3-1-4-11-19)27-24(30)20-13-5-2-6-14-20/h1-18,29H,(H,27,30)(H,28,31)/b12-9?,22-16?,26-18+. The number of rotatable bonds is 7. The van der Waals surface area contributed by atoms with Gasteiger partial charge in [0.05, 0.1) is 6.21 Å². The number of phenols is 1. The number of hydrogen-bond acceptors (Lipinski definition) is 4. The second-order valence-electron chi connectivity index (χ2n) is 6.43. The van der Waals surface area contributed by atoms with Gasteiger partial charge in [0.25, 0.3) is 11.8 Å². The van der Waals surface area contributed by atoms with E-state index in [4.69, 9.17) is 0 Å². The Morgan fingerprint density at radius 1 is 0.839 bits per heavy atom. The third-order valence-electron chi connectivity index (χ3n) is 4.19. The van der Waals surface area contributed by atoms with E-state index in [9.17, 15) is 14.7 Å². The monoisotopic (exact) mass is 411 g/mol. The number of para-hydroxylation sites is 1. The largest absolute Gasteiger partial charge is 0.507 e. The molecule has 0 bridgehead atoms. The lowest BCUT2D eigenvalue weighted by atomic mass is 10.2. The summed E-state index contributed by atoms with van der Waals surface area (Å²) in [5.74, 6) is -0.979. The van der Waals surface area contributed by atoms with Crippen LogP contribution in [0.25, 0.3) is 6.08 Å². The molecule has 154 valence electrons. The predicted molar refractivity (Wildman–Crippen MR) is 121 cm³/mol. The minimum Gasteiger partial charge on any atom is -0.507 e. The van der Waals surface area contributed by atoms with Gasteiger partial charge in [0.15, 0.2) is 0 Å². The van der Waals surface area contributed by atoms with Crippen LogP contribution in [-0.4, -0.2) is 23.1 Å². The van der Waals surface area contributed by atoms with E-state index in [0.717, 1.165) is 5.56 Å². The van der Waals surface area contributed by atoms with E-state index < -0.39 is 11.8 Å². The number of nitrogens with zero attached hydrogens (tertiary/aromatic N) is 1. The smallest absolute Gasteiger partial charge is 0.287 e. The number of amides is 2. The first-order valence-electron chi connectivity index (χ1n) is 9.55. The quantitative estimate of drug-likeness (QED) is 0.239. The number of hydrazone groups is 1. The Kier molecular flexibility index (Phi) is 7.49. The summed E-state index contributed by atoms with van der Waals surface area (Å²) in [6.45, 7) is 0. The molecular formula is C25H21N3O3. The molecule has 0 aliphatic carbocycles. The lowest BCUT2D eigenvalue weighted by Crippen LogP contribution is -2.32. The third-order valence-corrected chi connectivity index (χ3v) is 4.19. The molecule has 0 atom stereocenters. The van der Waals surface area contributed by atoms with Crippen molar-refractivity contribution in [3.8, 4) is 5.75 Å². The fourth-order valence-corrected chi connectivity index (χ4v) is 2.60. The molecule has 31 heavy (non-hydrogen) atoms. The molecule has 0 aliphatic rings. The van der Waals surface area contributed by atoms with Crippen LogP contribution in [0.5, 0.6) is 5.75 Å². The number of benzene rings is 3. The summed E-state index contributed by atoms with van der Waals surface area (Å²) in [5, 5.41) is 16.3. The van der Waals surface area contributed by atoms with E-state index in [1.165, 1.54) is 18.4 Å². The van der Waals surface area contributed by atoms with Gasteiger partial charge >= 0.3 is 0 Å². The zero-order valence-electron chi connectivity index (χ0n) is 16.6. The number of carbonyl (C=O) groups excluding carboxylic acids is 2. The Hall–Kier alpha value is -4.45. The van der Waals surface area contributed by atoms with Crippen molar-refractivity contribution in [2.75, 3.05) is 0 Å². The van der Waals surface area contributed by atoms with E-state index in [-0.39, 0.29) is 11.4 Å². The lowest BCUT2D eigenvalue weighted by Gasteiger charge is -2.08. The highest BCUT2D eigenvalue weighted by molar-refractivity contribution is 6.03. The number of carbonyl (C=O) groups is 2. The molecule has 6 heteroatoms. The number of hydrogen-bond donors (Lipinski definition) is 3. The van der Waals surface area contributed by atoms with Gasteiger partial charge in [-0.1, -0.05) is 72.8 Å². The predicted octanol–water partition coefficient (Wildman–Crippen LogP) is 3.87. The van der Waals surface area contributed by atoms with Crippen LogP contribution in [0.1, 0.15) is 21.5 Å². The van der Waals surface area contributed by atoms with Crippen LogP contribution in [0.15, 0.2) is 108 Å². The Morgan fingerprint density at radius 2 is 1.48 bits per heavy atom. The fraction of sp³-hybridized carbons (Fsp3) is 0. The van der Waals surface area contributed by atoms with Crippen molar-refractivity contribution < 1.29 is 14.7 Å². The third kappa shape index (κ3) is 6.54. The summed E-state index contributed by atoms with van der Waals surface area (Å²) in [5.41, 5.74) is 4.21. The number of allylic oxidation sites excluding steroid dienone is 2. The molecule has 0 heterocycles. The van der Waals surface area contributed by atoms with E-state index in [0.29, 0.717) is 11.1 Å². The molecule has 0 radical (unpaired) electrons. The van der Waals surface area contributed by atoms with Crippen molar-refractivity contribution in [3.63, 3.8) is 0 Å². The molecule has 2 amide bonds. The molecule has 0 saturated carbocycles. The molecule has 0 spiro atoms. The van der Waals surface area contributed by atoms with Crippen molar-refractivity contribution >= 4 is 24.1 Å². The van der Waals surface area contributed by atoms with Gasteiger partial charge in [0.2, 0.25) is 0 Å². The fourth-order valence-electron chi connectivity index (χ4n) is 2.60. The van der Waals surface area contributed by atoms with Gasteiger partial charge in [0, 0.05) is 11.1 Å². The van der Waals surface area contributed by atoms with Crippen molar-refractivity contribution in [1.82, 2.24) is 10.7 Å². The number of nitrogens with one attached hydrogen (secondary N) is 2. The molecule has 3 N–H and O–H groups in total. The molecule has 0 aliphatic heterocycles. The molecule has 0 aromatic heterocycles. The van der Waals surface area contributed by atoms with Gasteiger partial charge in [-0.3, -0.25) is 9.59 Å². The van der Waals surface area contributed by atoms with Crippen LogP contribution < -0.4 is 10.7 Å². The highest BCUT2D eigenvalue weighted by Gasteiger charge is 2.13. The van der Waals surface area contributed by atoms with Gasteiger partial charge in [0.1, 0.15) is 11.4 Å². The van der Waals surface area contributed by atoms with Gasteiger partial charge in [-0.15, -0.1) is 0 Å². The SMILES string of the molecule is O=C(N/N=C/c1ccccc1O)C(=CC=Cc1ccccc1)NC(=O)c1ccccc1. The van der Waals surface area contributed by atoms with E-state index >= 15 is 0 Å². The molecular weight excluding hydrogens is 390 g/mol. The maximum absolute atomic E-state index is 12.6. The molecule has 0 saturated heterocycles. The van der Waals surface area contributed by atoms with Crippen LogP contribution in [-0.2, 0) is 4.79 Å². The maximum Gasteiger partial charge on any atom is 0.287 e. The minimum atomic E-state index is -0.603. The second kappa shape index (κ2) is 10.9. The zero-order chi connectivity index (χ0) is 21.9. The average molecular weight is 411 g/mol. The van der Waals surface area contributed by atoms with Crippen LogP contribution in [0.4, 0.5) is 0 Å². The Bertz CT molecular complexity index is 1120. The molecule has 3 aromatic carbocycles. The first-order chi connectivity index (χ1) is 15.1. The summed E-state index contributed by atoms with van der Waals surface area (Å²) in [6, 6.07) is 24.7. The highest BCUT2D eigenvalue weighted by atomic mass is 16.3. The van der Waals surface area contributed by atoms with Crippen molar-refractivity contribution in [2.24, 2.45) is 5.10 Å². The first kappa shape index (κ1) is 21.3. The van der Waals surface area contributed by atoms with Crippen LogP contribution in [0.3, 0.4) is 0 Å². The topological polar surface area (TPSA) is 90.8 Å². The van der Waals surface area contributed by atoms with Gasteiger partial charge < -0.3 is 10.4 Å². The Labute approximate surface area is 180 Å². The number of phenolic OH excluding ortho intramolecular Hbond substituents is 1. The molecule has 3 rings (SSSR count). The summed E-state index contributed by atoms with van der Waals surface area (Å²) in [6.07, 6.45) is 6.30. The summed E-state index contributed by atoms with van der Waals surface area (Å²) in [7, 11) is 0. The van der Waals surface area contributed by atoms with Crippen molar-refractivity contribution in [2.45, 2.75) is 0 Å². The maximum atomic E-state index is 12.6. The van der Waals surface area contributed by atoms with E-state index in [1.54, 1.807) is 54.6 Å². The Balaban J connectivity index is 1.76. The number of aromatic hydroxyl groups is 1. The van der Waals surface area contributed by atoms with Gasteiger partial charge in [-0.25, -0.2) is 5.43 Å². The second-order valence-corrected chi connectivity index (χ2v) is 6.43. The summed E-state index contributed by atoms with van der Waals surface area (Å²) >= 11 is 0. The molecule has 6 nitrogen and oxygen atoms in total. The summed E-state index contributed by atoms with van der Waals surface area (Å²) in [4.78, 5) is 25.1. The zero-order valence-corrected chi connectivity index (χ0v) is 16.6. The normalized spacial score (nSPS) is 11.5. The van der Waals surface area contributed by atoms with Crippen LogP contribution in [0, 0.1) is 0 Å². The summed E-state index contributed by atoms with van der Waals surface area (Å²) < 4.78 is 0. The van der Waals surface area contributed by atoms with Crippen LogP contribution in [0.2, 0.25) is 0 Å². The van der Waals surface area contributed by atoms with Crippen molar-refractivity contribution in [1.29, 1.82) is 0 Å². The van der Waals surface area contributed by atoms with E-state index in [1.807, 2.05) is 36.4 Å². The van der Waals surface area contributed by atoms with E-state index in [2.05, 4.69) is 15.8 Å². The molecule has 0 unspecified atom stereocenters. The highest BCUT2D eigenvalue weighted by Crippen LogP contribution is 2.12. The van der Waals surface area contributed by atoms with Gasteiger partial charge in [-0.05, 0) is 35.9 Å². The lowest BCUT2D eigenvalue weighted by molar-refractivity contribution is -0.117. The molecule has 0 fully saturated rings. The average Bonchev–Trinajstić information content (AvgIpc) is 2.81. The Morgan fingerprint density at radius 3 is 2.19 bits per heavy atom.